The summed E-state index contributed by atoms with van der Waals surface area (Å²) < 4.78 is 9.71. The van der Waals surface area contributed by atoms with Crippen molar-refractivity contribution in [3.8, 4) is 5.75 Å². The summed E-state index contributed by atoms with van der Waals surface area (Å²) in [5.74, 6) is -0.423. The van der Waals surface area contributed by atoms with Crippen LogP contribution in [0.5, 0.6) is 5.75 Å². The summed E-state index contributed by atoms with van der Waals surface area (Å²) in [6, 6.07) is 6.10. The number of carbonyl (C=O) groups is 1. The summed E-state index contributed by atoms with van der Waals surface area (Å²) in [6.45, 7) is 1.93. The molecule has 0 fully saturated rings. The Morgan fingerprint density at radius 1 is 1.45 bits per heavy atom. The number of nitrogens with two attached hydrogens (primary N) is 1. The number of aromatic hydroxyl groups is 1. The standard InChI is InChI=1S/C13H15N3O4/c1-2-19-13(18)11-15-12(20-16-11)10(14)7-8-3-5-9(17)6-4-8/h3-6,10,17H,2,7,14H2,1H3/t10-/m1/s1. The largest absolute Gasteiger partial charge is 0.508 e. The van der Waals surface area contributed by atoms with E-state index in [1.807, 2.05) is 0 Å². The van der Waals surface area contributed by atoms with E-state index >= 15 is 0 Å². The lowest BCUT2D eigenvalue weighted by Gasteiger charge is -2.06. The minimum Gasteiger partial charge on any atom is -0.508 e. The smallest absolute Gasteiger partial charge is 0.379 e. The molecular formula is C13H15N3O4. The van der Waals surface area contributed by atoms with E-state index in [2.05, 4.69) is 10.1 Å². The van der Waals surface area contributed by atoms with Gasteiger partial charge in [0.25, 0.3) is 5.82 Å². The lowest BCUT2D eigenvalue weighted by Crippen LogP contribution is -2.14. The van der Waals surface area contributed by atoms with Crippen LogP contribution in [0.2, 0.25) is 0 Å². The number of esters is 1. The van der Waals surface area contributed by atoms with Crippen LogP contribution in [0.1, 0.15) is 35.0 Å². The Labute approximate surface area is 115 Å². The van der Waals surface area contributed by atoms with Crippen molar-refractivity contribution in [2.45, 2.75) is 19.4 Å². The first-order chi connectivity index (χ1) is 9.60. The molecule has 2 aromatic rings. The van der Waals surface area contributed by atoms with Gasteiger partial charge in [-0.15, -0.1) is 0 Å². The summed E-state index contributed by atoms with van der Waals surface area (Å²) in [6.07, 6.45) is 0.449. The summed E-state index contributed by atoms with van der Waals surface area (Å²) in [7, 11) is 0. The fraction of sp³-hybridized carbons (Fsp3) is 0.308. The number of hydrogen-bond acceptors (Lipinski definition) is 7. The van der Waals surface area contributed by atoms with Crippen LogP contribution in [0, 0.1) is 0 Å². The number of phenols is 1. The van der Waals surface area contributed by atoms with Crippen molar-refractivity contribution in [1.29, 1.82) is 0 Å². The third-order valence-corrected chi connectivity index (χ3v) is 2.61. The summed E-state index contributed by atoms with van der Waals surface area (Å²) in [4.78, 5) is 15.3. The maximum Gasteiger partial charge on any atom is 0.379 e. The molecule has 1 aromatic carbocycles. The Morgan fingerprint density at radius 2 is 2.15 bits per heavy atom. The number of phenolic OH excluding ortho intramolecular Hbond substituents is 1. The Bertz CT molecular complexity index is 580. The normalized spacial score (nSPS) is 12.1. The quantitative estimate of drug-likeness (QED) is 0.789. The van der Waals surface area contributed by atoms with Crippen molar-refractivity contribution in [2.75, 3.05) is 6.61 Å². The van der Waals surface area contributed by atoms with Crippen molar-refractivity contribution in [3.05, 3.63) is 41.5 Å². The minimum absolute atomic E-state index is 0.136. The van der Waals surface area contributed by atoms with Crippen LogP contribution in [-0.4, -0.2) is 27.8 Å². The Kier molecular flexibility index (Phi) is 4.31. The van der Waals surface area contributed by atoms with Gasteiger partial charge < -0.3 is 20.1 Å². The number of rotatable bonds is 5. The van der Waals surface area contributed by atoms with Gasteiger partial charge in [-0.1, -0.05) is 12.1 Å². The molecule has 2 rings (SSSR count). The maximum absolute atomic E-state index is 11.4. The van der Waals surface area contributed by atoms with Crippen molar-refractivity contribution >= 4 is 5.97 Å². The van der Waals surface area contributed by atoms with Crippen LogP contribution in [0.4, 0.5) is 0 Å². The summed E-state index contributed by atoms with van der Waals surface area (Å²) >= 11 is 0. The summed E-state index contributed by atoms with van der Waals surface area (Å²) in [5, 5.41) is 12.7. The zero-order valence-corrected chi connectivity index (χ0v) is 10.9. The Balaban J connectivity index is 2.04. The highest BCUT2D eigenvalue weighted by molar-refractivity contribution is 5.84. The van der Waals surface area contributed by atoms with E-state index in [-0.39, 0.29) is 24.1 Å². The van der Waals surface area contributed by atoms with E-state index in [9.17, 15) is 9.90 Å². The van der Waals surface area contributed by atoms with Crippen molar-refractivity contribution in [3.63, 3.8) is 0 Å². The van der Waals surface area contributed by atoms with E-state index in [0.29, 0.717) is 6.42 Å². The van der Waals surface area contributed by atoms with Crippen LogP contribution < -0.4 is 5.73 Å². The van der Waals surface area contributed by atoms with Crippen LogP contribution in [0.25, 0.3) is 0 Å². The van der Waals surface area contributed by atoms with Crippen molar-refractivity contribution in [1.82, 2.24) is 10.1 Å². The predicted molar refractivity (Wildman–Crippen MR) is 69.0 cm³/mol. The van der Waals surface area contributed by atoms with Crippen LogP contribution in [0.15, 0.2) is 28.8 Å². The van der Waals surface area contributed by atoms with Crippen molar-refractivity contribution < 1.29 is 19.2 Å². The third-order valence-electron chi connectivity index (χ3n) is 2.61. The van der Waals surface area contributed by atoms with Gasteiger partial charge in [0.05, 0.1) is 12.6 Å². The van der Waals surface area contributed by atoms with E-state index in [1.54, 1.807) is 31.2 Å². The molecule has 7 heteroatoms. The maximum atomic E-state index is 11.4. The topological polar surface area (TPSA) is 111 Å². The van der Waals surface area contributed by atoms with E-state index in [4.69, 9.17) is 15.0 Å². The third kappa shape index (κ3) is 3.33. The summed E-state index contributed by atoms with van der Waals surface area (Å²) in [5.41, 5.74) is 6.85. The molecule has 0 spiro atoms. The number of aromatic nitrogens is 2. The van der Waals surface area contributed by atoms with Crippen LogP contribution >= 0.6 is 0 Å². The van der Waals surface area contributed by atoms with E-state index < -0.39 is 12.0 Å². The molecule has 0 unspecified atom stereocenters. The van der Waals surface area contributed by atoms with Gasteiger partial charge in [-0.05, 0) is 36.2 Å². The molecule has 0 saturated carbocycles. The lowest BCUT2D eigenvalue weighted by molar-refractivity contribution is 0.0508. The molecule has 1 atom stereocenters. The number of ether oxygens (including phenoxy) is 1. The molecule has 20 heavy (non-hydrogen) atoms. The van der Waals surface area contributed by atoms with Gasteiger partial charge in [-0.2, -0.15) is 4.98 Å². The van der Waals surface area contributed by atoms with Gasteiger partial charge in [-0.25, -0.2) is 4.79 Å². The van der Waals surface area contributed by atoms with Gasteiger partial charge >= 0.3 is 5.97 Å². The SMILES string of the molecule is CCOC(=O)c1noc([C@H](N)Cc2ccc(O)cc2)n1. The molecule has 3 N–H and O–H groups in total. The molecule has 7 nitrogen and oxygen atoms in total. The monoisotopic (exact) mass is 277 g/mol. The van der Waals surface area contributed by atoms with E-state index in [1.165, 1.54) is 0 Å². The van der Waals surface area contributed by atoms with Gasteiger partial charge in [-0.3, -0.25) is 0 Å². The van der Waals surface area contributed by atoms with Gasteiger partial charge in [0.1, 0.15) is 5.75 Å². The molecule has 106 valence electrons. The number of benzene rings is 1. The minimum atomic E-state index is -0.640. The molecule has 0 saturated heterocycles. The van der Waals surface area contributed by atoms with Gasteiger partial charge in [0.2, 0.25) is 5.89 Å². The molecule has 0 bridgehead atoms. The Morgan fingerprint density at radius 3 is 2.80 bits per heavy atom. The van der Waals surface area contributed by atoms with Crippen LogP contribution in [-0.2, 0) is 11.2 Å². The molecule has 0 aliphatic carbocycles. The first-order valence-electron chi connectivity index (χ1n) is 6.14. The van der Waals surface area contributed by atoms with Crippen molar-refractivity contribution in [2.24, 2.45) is 5.73 Å². The molecular weight excluding hydrogens is 262 g/mol. The molecule has 0 aliphatic heterocycles. The molecule has 1 heterocycles. The molecule has 1 aromatic heterocycles. The average molecular weight is 277 g/mol. The first-order valence-corrected chi connectivity index (χ1v) is 6.14. The second-order valence-electron chi connectivity index (χ2n) is 4.15. The van der Waals surface area contributed by atoms with E-state index in [0.717, 1.165) is 5.56 Å². The zero-order chi connectivity index (χ0) is 14.5. The first kappa shape index (κ1) is 14.0. The fourth-order valence-electron chi connectivity index (χ4n) is 1.64. The number of hydrogen-bond donors (Lipinski definition) is 2. The highest BCUT2D eigenvalue weighted by Crippen LogP contribution is 2.17. The van der Waals surface area contributed by atoms with Gasteiger partial charge in [0.15, 0.2) is 0 Å². The molecule has 0 amide bonds. The second kappa shape index (κ2) is 6.16. The predicted octanol–water partition coefficient (Wildman–Crippen LogP) is 1.19. The second-order valence-corrected chi connectivity index (χ2v) is 4.15. The number of carbonyl (C=O) groups excluding carboxylic acids is 1. The zero-order valence-electron chi connectivity index (χ0n) is 10.9. The fourth-order valence-corrected chi connectivity index (χ4v) is 1.64. The van der Waals surface area contributed by atoms with Crippen LogP contribution in [0.3, 0.4) is 0 Å². The highest BCUT2D eigenvalue weighted by Gasteiger charge is 2.20. The number of nitrogens with zero attached hydrogens (tertiary/aromatic N) is 2. The average Bonchev–Trinajstić information content (AvgIpc) is 2.91. The lowest BCUT2D eigenvalue weighted by atomic mass is 10.1. The van der Waals surface area contributed by atoms with Gasteiger partial charge in [0, 0.05) is 0 Å². The molecule has 0 radical (unpaired) electrons. The Hall–Kier alpha value is -2.41. The highest BCUT2D eigenvalue weighted by atomic mass is 16.5. The molecule has 0 aliphatic rings.